The summed E-state index contributed by atoms with van der Waals surface area (Å²) in [5.41, 5.74) is 2.84. The monoisotopic (exact) mass is 281 g/mol. The molecule has 0 spiro atoms. The van der Waals surface area contributed by atoms with Crippen molar-refractivity contribution in [3.8, 4) is 0 Å². The molecular weight excluding hydrogens is 262 g/mol. The van der Waals surface area contributed by atoms with E-state index in [1.807, 2.05) is 36.4 Å². The number of amides is 1. The largest absolute Gasteiger partial charge is 0.286 e. The summed E-state index contributed by atoms with van der Waals surface area (Å²) >= 11 is 0. The van der Waals surface area contributed by atoms with Crippen LogP contribution in [0.4, 0.5) is 0 Å². The number of allylic oxidation sites excluding steroid dienone is 1. The molecule has 0 saturated heterocycles. The smallest absolute Gasteiger partial charge is 0.276 e. The summed E-state index contributed by atoms with van der Waals surface area (Å²) < 4.78 is 0. The molecule has 21 heavy (non-hydrogen) atoms. The lowest BCUT2D eigenvalue weighted by Gasteiger charge is -2.07. The van der Waals surface area contributed by atoms with Gasteiger partial charge < -0.3 is 0 Å². The van der Waals surface area contributed by atoms with Crippen LogP contribution in [0.2, 0.25) is 0 Å². The molecule has 2 aromatic carbocycles. The highest BCUT2D eigenvalue weighted by atomic mass is 16.5. The van der Waals surface area contributed by atoms with Crippen LogP contribution in [0.5, 0.6) is 0 Å². The van der Waals surface area contributed by atoms with Crippen molar-refractivity contribution in [2.24, 2.45) is 0 Å². The van der Waals surface area contributed by atoms with Gasteiger partial charge in [-0.3, -0.25) is 10.0 Å². The maximum absolute atomic E-state index is 11.5. The molecule has 1 N–H and O–H groups in total. The van der Waals surface area contributed by atoms with Crippen LogP contribution in [0, 0.1) is 0 Å². The van der Waals surface area contributed by atoms with Gasteiger partial charge in [0.2, 0.25) is 0 Å². The summed E-state index contributed by atoms with van der Waals surface area (Å²) in [7, 11) is 1.32. The first kappa shape index (κ1) is 15.0. The molecule has 0 atom stereocenters. The Morgan fingerprint density at radius 3 is 2.38 bits per heavy atom. The van der Waals surface area contributed by atoms with Gasteiger partial charge in [0.25, 0.3) is 5.91 Å². The van der Waals surface area contributed by atoms with Gasteiger partial charge in [-0.15, -0.1) is 0 Å². The number of rotatable bonds is 5. The Kier molecular flexibility index (Phi) is 5.29. The zero-order valence-electron chi connectivity index (χ0n) is 12.1. The van der Waals surface area contributed by atoms with Gasteiger partial charge in [0.15, 0.2) is 0 Å². The highest BCUT2D eigenvalue weighted by Gasteiger charge is 2.07. The minimum atomic E-state index is -0.408. The van der Waals surface area contributed by atoms with E-state index in [4.69, 9.17) is 5.21 Å². The summed E-state index contributed by atoms with van der Waals surface area (Å²) in [5, 5.41) is 9.68. The zero-order valence-corrected chi connectivity index (χ0v) is 12.1. The van der Waals surface area contributed by atoms with Crippen molar-refractivity contribution in [1.29, 1.82) is 0 Å². The number of nitrogens with zero attached hydrogens (tertiary/aromatic N) is 1. The van der Waals surface area contributed by atoms with E-state index in [1.54, 1.807) is 12.1 Å². The lowest BCUT2D eigenvalue weighted by molar-refractivity contribution is -0.0374. The molecule has 0 radical (unpaired) electrons. The van der Waals surface area contributed by atoms with E-state index in [2.05, 4.69) is 18.2 Å². The maximum atomic E-state index is 11.5. The normalized spacial score (nSPS) is 10.8. The van der Waals surface area contributed by atoms with Crippen LogP contribution in [0.25, 0.3) is 6.08 Å². The number of carbonyl (C=O) groups excluding carboxylic acids is 1. The molecule has 108 valence electrons. The summed E-state index contributed by atoms with van der Waals surface area (Å²) in [5.74, 6) is -0.408. The number of carbonyl (C=O) groups is 1. The van der Waals surface area contributed by atoms with Crippen LogP contribution in [-0.4, -0.2) is 23.2 Å². The second-order valence-electron chi connectivity index (χ2n) is 4.88. The average Bonchev–Trinajstić information content (AvgIpc) is 2.52. The number of hydrogen-bond acceptors (Lipinski definition) is 2. The molecule has 0 bridgehead atoms. The van der Waals surface area contributed by atoms with Crippen molar-refractivity contribution in [1.82, 2.24) is 5.06 Å². The first-order valence-corrected chi connectivity index (χ1v) is 6.94. The minimum Gasteiger partial charge on any atom is -0.286 e. The van der Waals surface area contributed by atoms with Crippen LogP contribution >= 0.6 is 0 Å². The standard InChI is InChI=1S/C18H19NO2/c1-19(21)18(20)17-13-11-16(12-14-17)10-6-5-9-15-7-3-2-4-8-15/h2-4,6-8,10-14,21H,5,9H2,1H3/b10-6+. The van der Waals surface area contributed by atoms with Crippen LogP contribution in [0.3, 0.4) is 0 Å². The fourth-order valence-electron chi connectivity index (χ4n) is 2.04. The van der Waals surface area contributed by atoms with E-state index in [-0.39, 0.29) is 0 Å². The van der Waals surface area contributed by atoms with Crippen molar-refractivity contribution in [3.05, 3.63) is 77.4 Å². The predicted molar refractivity (Wildman–Crippen MR) is 84.1 cm³/mol. The third-order valence-electron chi connectivity index (χ3n) is 3.20. The third kappa shape index (κ3) is 4.58. The van der Waals surface area contributed by atoms with Gasteiger partial charge >= 0.3 is 0 Å². The van der Waals surface area contributed by atoms with E-state index in [9.17, 15) is 4.79 Å². The molecular formula is C18H19NO2. The van der Waals surface area contributed by atoms with Crippen LogP contribution in [0.1, 0.15) is 27.9 Å². The predicted octanol–water partition coefficient (Wildman–Crippen LogP) is 3.79. The van der Waals surface area contributed by atoms with E-state index in [0.29, 0.717) is 10.6 Å². The highest BCUT2D eigenvalue weighted by molar-refractivity contribution is 5.93. The van der Waals surface area contributed by atoms with E-state index >= 15 is 0 Å². The fourth-order valence-corrected chi connectivity index (χ4v) is 2.04. The number of aryl methyl sites for hydroxylation is 1. The molecule has 2 rings (SSSR count). The van der Waals surface area contributed by atoms with Crippen molar-refractivity contribution < 1.29 is 10.0 Å². The molecule has 0 aliphatic rings. The Labute approximate surface area is 125 Å². The van der Waals surface area contributed by atoms with Gasteiger partial charge in [0, 0.05) is 12.6 Å². The molecule has 0 aliphatic heterocycles. The van der Waals surface area contributed by atoms with Gasteiger partial charge in [-0.1, -0.05) is 54.6 Å². The summed E-state index contributed by atoms with van der Waals surface area (Å²) in [4.78, 5) is 11.5. The Hall–Kier alpha value is -2.39. The van der Waals surface area contributed by atoms with Gasteiger partial charge in [0.1, 0.15) is 0 Å². The van der Waals surface area contributed by atoms with E-state index in [0.717, 1.165) is 18.4 Å². The molecule has 1 amide bonds. The zero-order chi connectivity index (χ0) is 15.1. The van der Waals surface area contributed by atoms with Crippen molar-refractivity contribution in [3.63, 3.8) is 0 Å². The van der Waals surface area contributed by atoms with Gasteiger partial charge in [-0.05, 0) is 36.1 Å². The first-order chi connectivity index (χ1) is 10.2. The Morgan fingerprint density at radius 1 is 1.10 bits per heavy atom. The summed E-state index contributed by atoms with van der Waals surface area (Å²) in [6.45, 7) is 0. The topological polar surface area (TPSA) is 40.5 Å². The van der Waals surface area contributed by atoms with Crippen LogP contribution in [0.15, 0.2) is 60.7 Å². The second-order valence-corrected chi connectivity index (χ2v) is 4.88. The van der Waals surface area contributed by atoms with Crippen molar-refractivity contribution in [2.75, 3.05) is 7.05 Å². The van der Waals surface area contributed by atoms with Crippen LogP contribution in [-0.2, 0) is 6.42 Å². The second kappa shape index (κ2) is 7.41. The SMILES string of the molecule is CN(O)C(=O)c1ccc(/C=C/CCc2ccccc2)cc1. The van der Waals surface area contributed by atoms with Crippen LogP contribution < -0.4 is 0 Å². The molecule has 0 unspecified atom stereocenters. The molecule has 0 aromatic heterocycles. The van der Waals surface area contributed by atoms with Crippen molar-refractivity contribution >= 4 is 12.0 Å². The quantitative estimate of drug-likeness (QED) is 0.669. The molecule has 3 heteroatoms. The highest BCUT2D eigenvalue weighted by Crippen LogP contribution is 2.09. The Morgan fingerprint density at radius 2 is 1.76 bits per heavy atom. The summed E-state index contributed by atoms with van der Waals surface area (Å²) in [6.07, 6.45) is 6.16. The van der Waals surface area contributed by atoms with E-state index in [1.165, 1.54) is 12.6 Å². The number of benzene rings is 2. The third-order valence-corrected chi connectivity index (χ3v) is 3.20. The molecule has 0 saturated carbocycles. The molecule has 0 aliphatic carbocycles. The van der Waals surface area contributed by atoms with Crippen molar-refractivity contribution in [2.45, 2.75) is 12.8 Å². The summed E-state index contributed by atoms with van der Waals surface area (Å²) in [6, 6.07) is 17.5. The van der Waals surface area contributed by atoms with Gasteiger partial charge in [0.05, 0.1) is 0 Å². The van der Waals surface area contributed by atoms with Gasteiger partial charge in [-0.25, -0.2) is 5.06 Å². The first-order valence-electron chi connectivity index (χ1n) is 6.94. The lowest BCUT2D eigenvalue weighted by Crippen LogP contribution is -2.22. The fraction of sp³-hybridized carbons (Fsp3) is 0.167. The lowest BCUT2D eigenvalue weighted by atomic mass is 10.1. The Balaban J connectivity index is 1.88. The molecule has 2 aromatic rings. The average molecular weight is 281 g/mol. The number of hydrogen-bond donors (Lipinski definition) is 1. The van der Waals surface area contributed by atoms with E-state index < -0.39 is 5.91 Å². The number of hydroxylamine groups is 2. The maximum Gasteiger partial charge on any atom is 0.276 e. The molecule has 0 fully saturated rings. The molecule has 3 nitrogen and oxygen atoms in total. The Bertz CT molecular complexity index is 601. The molecule has 0 heterocycles. The van der Waals surface area contributed by atoms with Gasteiger partial charge in [-0.2, -0.15) is 0 Å². The minimum absolute atomic E-state index is 0.408.